The van der Waals surface area contributed by atoms with Crippen molar-refractivity contribution in [3.8, 4) is 5.75 Å². The molecule has 118 valence electrons. The van der Waals surface area contributed by atoms with E-state index in [0.29, 0.717) is 30.7 Å². The quantitative estimate of drug-likeness (QED) is 0.809. The third-order valence-electron chi connectivity index (χ3n) is 3.84. The highest BCUT2D eigenvalue weighted by Crippen LogP contribution is 2.19. The van der Waals surface area contributed by atoms with Crippen LogP contribution in [0.5, 0.6) is 5.75 Å². The second-order valence-electron chi connectivity index (χ2n) is 5.24. The maximum Gasteiger partial charge on any atom is 0.326 e. The fraction of sp³-hybridized carbons (Fsp3) is 0.438. The SMILES string of the molecule is COc1ccc(C(=O)CCC(=O)N2CCCC2C(=O)O)cc1. The molecule has 1 aliphatic rings. The molecule has 0 aromatic heterocycles. The third-order valence-corrected chi connectivity index (χ3v) is 3.84. The summed E-state index contributed by atoms with van der Waals surface area (Å²) in [5.74, 6) is -0.727. The maximum atomic E-state index is 12.1. The van der Waals surface area contributed by atoms with Gasteiger partial charge in [0.15, 0.2) is 5.78 Å². The average Bonchev–Trinajstić information content (AvgIpc) is 3.02. The summed E-state index contributed by atoms with van der Waals surface area (Å²) in [6, 6.07) is 5.94. The Balaban J connectivity index is 1.90. The van der Waals surface area contributed by atoms with Crippen LogP contribution in [-0.4, -0.2) is 47.4 Å². The van der Waals surface area contributed by atoms with E-state index in [9.17, 15) is 14.4 Å². The van der Waals surface area contributed by atoms with E-state index in [1.807, 2.05) is 0 Å². The minimum absolute atomic E-state index is 0.0364. The third kappa shape index (κ3) is 3.63. The van der Waals surface area contributed by atoms with Gasteiger partial charge < -0.3 is 14.7 Å². The van der Waals surface area contributed by atoms with E-state index in [4.69, 9.17) is 9.84 Å². The van der Waals surface area contributed by atoms with E-state index in [1.165, 1.54) is 4.90 Å². The molecule has 0 spiro atoms. The number of hydrogen-bond acceptors (Lipinski definition) is 4. The lowest BCUT2D eigenvalue weighted by Crippen LogP contribution is -2.40. The van der Waals surface area contributed by atoms with Gasteiger partial charge in [0.25, 0.3) is 0 Å². The molecular formula is C16H19NO5. The number of aliphatic carboxylic acids is 1. The molecule has 1 N–H and O–H groups in total. The number of methoxy groups -OCH3 is 1. The fourth-order valence-electron chi connectivity index (χ4n) is 2.61. The van der Waals surface area contributed by atoms with Crippen LogP contribution in [-0.2, 0) is 9.59 Å². The highest BCUT2D eigenvalue weighted by atomic mass is 16.5. The molecule has 0 radical (unpaired) electrons. The summed E-state index contributed by atoms with van der Waals surface area (Å²) in [5, 5.41) is 9.06. The van der Waals surface area contributed by atoms with Crippen molar-refractivity contribution in [3.05, 3.63) is 29.8 Å². The Bertz CT molecular complexity index is 566. The van der Waals surface area contributed by atoms with Crippen molar-refractivity contribution >= 4 is 17.7 Å². The number of ether oxygens (including phenoxy) is 1. The molecule has 1 aliphatic heterocycles. The Morgan fingerprint density at radius 1 is 1.23 bits per heavy atom. The van der Waals surface area contributed by atoms with Crippen LogP contribution in [0.3, 0.4) is 0 Å². The number of carboxylic acid groups (broad SMARTS) is 1. The topological polar surface area (TPSA) is 83.9 Å². The van der Waals surface area contributed by atoms with E-state index >= 15 is 0 Å². The Kier molecular flexibility index (Phi) is 5.14. The molecule has 1 saturated heterocycles. The maximum absolute atomic E-state index is 12.1. The number of carboxylic acids is 1. The van der Waals surface area contributed by atoms with Crippen LogP contribution >= 0.6 is 0 Å². The number of likely N-dealkylation sites (tertiary alicyclic amines) is 1. The van der Waals surface area contributed by atoms with Crippen LogP contribution in [0.1, 0.15) is 36.0 Å². The van der Waals surface area contributed by atoms with Crippen molar-refractivity contribution in [2.24, 2.45) is 0 Å². The number of carbonyl (C=O) groups excluding carboxylic acids is 2. The Morgan fingerprint density at radius 2 is 1.91 bits per heavy atom. The second kappa shape index (κ2) is 7.06. The normalized spacial score (nSPS) is 17.3. The van der Waals surface area contributed by atoms with Gasteiger partial charge in [0.1, 0.15) is 11.8 Å². The molecule has 1 aromatic rings. The van der Waals surface area contributed by atoms with E-state index in [2.05, 4.69) is 0 Å². The van der Waals surface area contributed by atoms with Crippen molar-refractivity contribution in [2.75, 3.05) is 13.7 Å². The van der Waals surface area contributed by atoms with Crippen molar-refractivity contribution in [1.82, 2.24) is 4.90 Å². The summed E-state index contributed by atoms with van der Waals surface area (Å²) in [7, 11) is 1.55. The van der Waals surface area contributed by atoms with Gasteiger partial charge in [0.05, 0.1) is 7.11 Å². The number of Topliss-reactive ketones (excluding diaryl/α,β-unsaturated/α-hetero) is 1. The predicted octanol–water partition coefficient (Wildman–Crippen LogP) is 1.73. The van der Waals surface area contributed by atoms with Gasteiger partial charge >= 0.3 is 5.97 Å². The predicted molar refractivity (Wildman–Crippen MR) is 78.9 cm³/mol. The van der Waals surface area contributed by atoms with Crippen LogP contribution in [0.15, 0.2) is 24.3 Å². The number of ketones is 1. The van der Waals surface area contributed by atoms with Crippen molar-refractivity contribution < 1.29 is 24.2 Å². The van der Waals surface area contributed by atoms with E-state index in [-0.39, 0.29) is 24.5 Å². The Labute approximate surface area is 128 Å². The number of carbonyl (C=O) groups is 3. The van der Waals surface area contributed by atoms with Crippen LogP contribution in [0.4, 0.5) is 0 Å². The highest BCUT2D eigenvalue weighted by Gasteiger charge is 2.33. The highest BCUT2D eigenvalue weighted by molar-refractivity contribution is 5.98. The van der Waals surface area contributed by atoms with Crippen molar-refractivity contribution in [2.45, 2.75) is 31.7 Å². The lowest BCUT2D eigenvalue weighted by Gasteiger charge is -2.21. The summed E-state index contributed by atoms with van der Waals surface area (Å²) < 4.78 is 5.02. The van der Waals surface area contributed by atoms with Gasteiger partial charge in [-0.2, -0.15) is 0 Å². The molecule has 1 unspecified atom stereocenters. The van der Waals surface area contributed by atoms with E-state index in [0.717, 1.165) is 0 Å². The molecular weight excluding hydrogens is 286 g/mol. The Hall–Kier alpha value is -2.37. The first kappa shape index (κ1) is 16.0. The molecule has 6 heteroatoms. The molecule has 0 bridgehead atoms. The Morgan fingerprint density at radius 3 is 2.50 bits per heavy atom. The smallest absolute Gasteiger partial charge is 0.326 e. The summed E-state index contributed by atoms with van der Waals surface area (Å²) in [6.45, 7) is 0.451. The first-order valence-electron chi connectivity index (χ1n) is 7.22. The van der Waals surface area contributed by atoms with Crippen LogP contribution in [0.25, 0.3) is 0 Å². The molecule has 1 atom stereocenters. The monoisotopic (exact) mass is 305 g/mol. The zero-order valence-electron chi connectivity index (χ0n) is 12.4. The van der Waals surface area contributed by atoms with Crippen molar-refractivity contribution in [1.29, 1.82) is 0 Å². The molecule has 6 nitrogen and oxygen atoms in total. The summed E-state index contributed by atoms with van der Waals surface area (Å²) in [6.07, 6.45) is 1.28. The molecule has 1 fully saturated rings. The van der Waals surface area contributed by atoms with Gasteiger partial charge in [-0.1, -0.05) is 0 Å². The minimum Gasteiger partial charge on any atom is -0.497 e. The fourth-order valence-corrected chi connectivity index (χ4v) is 2.61. The number of amides is 1. The number of nitrogens with zero attached hydrogens (tertiary/aromatic N) is 1. The first-order valence-corrected chi connectivity index (χ1v) is 7.22. The molecule has 2 rings (SSSR count). The number of hydrogen-bond donors (Lipinski definition) is 1. The van der Waals surface area contributed by atoms with Crippen LogP contribution in [0, 0.1) is 0 Å². The van der Waals surface area contributed by atoms with Gasteiger partial charge in [-0.15, -0.1) is 0 Å². The van der Waals surface area contributed by atoms with E-state index in [1.54, 1.807) is 31.4 Å². The zero-order valence-corrected chi connectivity index (χ0v) is 12.4. The summed E-state index contributed by atoms with van der Waals surface area (Å²) in [4.78, 5) is 36.6. The molecule has 1 amide bonds. The molecule has 0 aliphatic carbocycles. The van der Waals surface area contributed by atoms with Gasteiger partial charge in [0.2, 0.25) is 5.91 Å². The average molecular weight is 305 g/mol. The minimum atomic E-state index is -0.979. The van der Waals surface area contributed by atoms with Gasteiger partial charge in [-0.25, -0.2) is 4.79 Å². The number of rotatable bonds is 6. The molecule has 1 heterocycles. The largest absolute Gasteiger partial charge is 0.497 e. The van der Waals surface area contributed by atoms with Crippen LogP contribution < -0.4 is 4.74 Å². The lowest BCUT2D eigenvalue weighted by molar-refractivity contribution is -0.148. The standard InChI is InChI=1S/C16H19NO5/c1-22-12-6-4-11(5-7-12)14(18)8-9-15(19)17-10-2-3-13(17)16(20)21/h4-7,13H,2-3,8-10H2,1H3,(H,20,21). The summed E-state index contributed by atoms with van der Waals surface area (Å²) in [5.41, 5.74) is 0.518. The van der Waals surface area contributed by atoms with Crippen molar-refractivity contribution in [3.63, 3.8) is 0 Å². The second-order valence-corrected chi connectivity index (χ2v) is 5.24. The first-order chi connectivity index (χ1) is 10.5. The summed E-state index contributed by atoms with van der Waals surface area (Å²) >= 11 is 0. The molecule has 1 aromatic carbocycles. The van der Waals surface area contributed by atoms with Gasteiger partial charge in [0, 0.05) is 24.9 Å². The number of benzene rings is 1. The van der Waals surface area contributed by atoms with E-state index < -0.39 is 12.0 Å². The van der Waals surface area contributed by atoms with Gasteiger partial charge in [-0.05, 0) is 37.1 Å². The van der Waals surface area contributed by atoms with Gasteiger partial charge in [-0.3, -0.25) is 9.59 Å². The lowest BCUT2D eigenvalue weighted by atomic mass is 10.1. The molecule has 0 saturated carbocycles. The zero-order chi connectivity index (χ0) is 16.1. The van der Waals surface area contributed by atoms with Crippen LogP contribution in [0.2, 0.25) is 0 Å². The molecule has 22 heavy (non-hydrogen) atoms.